The monoisotopic (exact) mass is 351 g/mol. The maximum absolute atomic E-state index is 10.5. The smallest absolute Gasteiger partial charge is 0.238 e. The van der Waals surface area contributed by atoms with Gasteiger partial charge in [0.15, 0.2) is 10.2 Å². The maximum Gasteiger partial charge on any atom is 0.238 e. The Morgan fingerprint density at radius 2 is 1.67 bits per heavy atom. The molecule has 0 unspecified atom stereocenters. The average molecular weight is 352 g/mol. The second-order valence-corrected chi connectivity index (χ2v) is 5.55. The van der Waals surface area contributed by atoms with Crippen molar-refractivity contribution in [2.24, 2.45) is 0 Å². The molecule has 0 aliphatic rings. The lowest BCUT2D eigenvalue weighted by Crippen LogP contribution is -2.71. The molecule has 8 nitrogen and oxygen atoms in total. The highest BCUT2D eigenvalue weighted by molar-refractivity contribution is 5.61. The summed E-state index contributed by atoms with van der Waals surface area (Å²) in [6, 6.07) is 10.3. The number of benzene rings is 1. The van der Waals surface area contributed by atoms with Gasteiger partial charge >= 0.3 is 0 Å². The Hall–Kier alpha value is -2.65. The summed E-state index contributed by atoms with van der Waals surface area (Å²) < 4.78 is 47.2. The van der Waals surface area contributed by atoms with E-state index in [9.17, 15) is 14.0 Å². The minimum Gasteiger partial charge on any atom is -0.497 e. The van der Waals surface area contributed by atoms with Crippen LogP contribution in [0.5, 0.6) is 5.75 Å². The van der Waals surface area contributed by atoms with Crippen LogP contribution in [0.25, 0.3) is 22.8 Å². The molecule has 0 saturated carbocycles. The summed E-state index contributed by atoms with van der Waals surface area (Å²) >= 11 is 0. The van der Waals surface area contributed by atoms with Crippen molar-refractivity contribution >= 4 is 0 Å². The Balaban J connectivity index is 1.79. The topological polar surface area (TPSA) is 118 Å². The zero-order chi connectivity index (χ0) is 17.2. The van der Waals surface area contributed by atoms with Gasteiger partial charge in [0.1, 0.15) is 10.5 Å². The lowest BCUT2D eigenvalue weighted by atomic mass is 10.2. The lowest BCUT2D eigenvalue weighted by molar-refractivity contribution is -1.94. The van der Waals surface area contributed by atoms with Gasteiger partial charge in [0.25, 0.3) is 0 Å². The number of nitrogens with zero attached hydrogens (tertiary/aromatic N) is 2. The number of hydrogen-bond acceptors (Lipinski definition) is 7. The molecule has 0 radical (unpaired) electrons. The molecule has 0 spiro atoms. The van der Waals surface area contributed by atoms with E-state index in [0.717, 1.165) is 16.0 Å². The van der Waals surface area contributed by atoms with E-state index in [0.29, 0.717) is 17.2 Å². The van der Waals surface area contributed by atoms with Crippen LogP contribution in [0, 0.1) is 10.2 Å². The van der Waals surface area contributed by atoms with Gasteiger partial charge in [-0.25, -0.2) is 4.98 Å². The number of ether oxygens (including phenoxy) is 1. The first-order valence-corrected chi connectivity index (χ1v) is 7.91. The molecule has 0 atom stereocenters. The first-order chi connectivity index (χ1) is 11.4. The molecule has 3 aromatic rings. The van der Waals surface area contributed by atoms with E-state index in [1.807, 2.05) is 24.3 Å². The van der Waals surface area contributed by atoms with Crippen LogP contribution >= 0.6 is 0 Å². The third-order valence-electron chi connectivity index (χ3n) is 3.09. The summed E-state index contributed by atoms with van der Waals surface area (Å²) in [6.07, 6.45) is 4.10. The van der Waals surface area contributed by atoms with Crippen molar-refractivity contribution in [3.8, 4) is 28.5 Å². The zero-order valence-corrected chi connectivity index (χ0v) is 13.2. The predicted octanol–water partition coefficient (Wildman–Crippen LogP) is -1.37. The maximum atomic E-state index is 10.5. The van der Waals surface area contributed by atoms with E-state index < -0.39 is 10.2 Å². The number of hydrogen-bond donors (Lipinski definition) is 0. The molecule has 9 heteroatoms. The van der Waals surface area contributed by atoms with Gasteiger partial charge in [0, 0.05) is 23.3 Å². The fourth-order valence-electron chi connectivity index (χ4n) is 2.00. The van der Waals surface area contributed by atoms with E-state index in [4.69, 9.17) is 9.15 Å². The van der Waals surface area contributed by atoms with Crippen molar-refractivity contribution < 1.29 is 42.5 Å². The van der Waals surface area contributed by atoms with E-state index in [2.05, 4.69) is 9.37 Å². The van der Waals surface area contributed by atoms with Crippen molar-refractivity contribution in [1.82, 2.24) is 4.98 Å². The Bertz CT molecular complexity index is 811. The molecule has 1 aromatic carbocycles. The van der Waals surface area contributed by atoms with Crippen LogP contribution in [0.4, 0.5) is 0 Å². The second kappa shape index (κ2) is 6.46. The molecule has 124 valence electrons. The first kappa shape index (κ1) is 16.2. The van der Waals surface area contributed by atoms with Crippen LogP contribution in [-0.4, -0.2) is 12.1 Å². The summed E-state index contributed by atoms with van der Waals surface area (Å²) in [5.74, 6) is 1.65. The van der Waals surface area contributed by atoms with Crippen molar-refractivity contribution in [2.75, 3.05) is 7.11 Å². The predicted molar refractivity (Wildman–Crippen MR) is 70.7 cm³/mol. The number of oxazole rings is 1. The van der Waals surface area contributed by atoms with Gasteiger partial charge in [-0.2, -0.15) is 14.0 Å². The summed E-state index contributed by atoms with van der Waals surface area (Å²) in [5, 5.41) is 0. The third kappa shape index (κ3) is 3.81. The second-order valence-electron chi connectivity index (χ2n) is 4.65. The Kier molecular flexibility index (Phi) is 4.36. The van der Waals surface area contributed by atoms with Crippen molar-refractivity contribution in [2.45, 2.75) is 0 Å². The fraction of sp³-hybridized carbons (Fsp3) is 0.0667. The average Bonchev–Trinajstić information content (AvgIpc) is 3.04. The minimum atomic E-state index is -4.55. The molecular formula is C15H12ClN2O6+. The molecule has 0 N–H and O–H groups in total. The number of methoxy groups -OCH3 is 1. The largest absolute Gasteiger partial charge is 0.497 e. The van der Waals surface area contributed by atoms with Crippen molar-refractivity contribution in [3.63, 3.8) is 0 Å². The molecule has 0 amide bonds. The number of rotatable bonds is 5. The van der Waals surface area contributed by atoms with Crippen LogP contribution in [0.2, 0.25) is 0 Å². The molecule has 3 rings (SSSR count). The SMILES string of the molecule is COc1ccc(-c2cnc(-c3cc[n+](O[Cl+3]([O-])([O-])[O-])cc3)o2)cc1. The van der Waals surface area contributed by atoms with Gasteiger partial charge in [0.2, 0.25) is 28.5 Å². The third-order valence-corrected chi connectivity index (χ3v) is 3.42. The van der Waals surface area contributed by atoms with Crippen LogP contribution in [0.3, 0.4) is 0 Å². The Morgan fingerprint density at radius 1 is 1.00 bits per heavy atom. The zero-order valence-electron chi connectivity index (χ0n) is 12.4. The molecule has 0 aliphatic carbocycles. The number of aromatic nitrogens is 2. The van der Waals surface area contributed by atoms with E-state index >= 15 is 0 Å². The molecule has 24 heavy (non-hydrogen) atoms. The number of pyridine rings is 1. The highest BCUT2D eigenvalue weighted by Crippen LogP contribution is 2.26. The summed E-state index contributed by atoms with van der Waals surface area (Å²) in [4.78, 5) is 4.18. The van der Waals surface area contributed by atoms with E-state index in [-0.39, 0.29) is 0 Å². The van der Waals surface area contributed by atoms with Gasteiger partial charge in [-0.1, -0.05) is 0 Å². The molecule has 0 aliphatic heterocycles. The molecule has 2 heterocycles. The lowest BCUT2D eigenvalue weighted by Gasteiger charge is -2.04. The Labute approximate surface area is 138 Å². The van der Waals surface area contributed by atoms with Crippen LogP contribution in [0.1, 0.15) is 0 Å². The van der Waals surface area contributed by atoms with Crippen molar-refractivity contribution in [3.05, 3.63) is 55.0 Å². The molecular weight excluding hydrogens is 340 g/mol. The van der Waals surface area contributed by atoms with Gasteiger partial charge in [-0.15, -0.1) is 0 Å². The van der Waals surface area contributed by atoms with Crippen LogP contribution in [0.15, 0.2) is 59.4 Å². The summed E-state index contributed by atoms with van der Waals surface area (Å²) in [5.41, 5.74) is 1.43. The highest BCUT2D eigenvalue weighted by atomic mass is 35.7. The van der Waals surface area contributed by atoms with Gasteiger partial charge < -0.3 is 9.15 Å². The molecule has 0 saturated heterocycles. The summed E-state index contributed by atoms with van der Waals surface area (Å²) in [7, 11) is -2.97. The molecule has 0 fully saturated rings. The Morgan fingerprint density at radius 3 is 2.25 bits per heavy atom. The van der Waals surface area contributed by atoms with Gasteiger partial charge in [-0.3, -0.25) is 0 Å². The fourth-order valence-corrected chi connectivity index (χ4v) is 2.28. The summed E-state index contributed by atoms with van der Waals surface area (Å²) in [6.45, 7) is 0. The van der Waals surface area contributed by atoms with Gasteiger partial charge in [0.05, 0.1) is 13.3 Å². The normalized spacial score (nSPS) is 11.3. The number of halogens is 1. The van der Waals surface area contributed by atoms with Crippen LogP contribution < -0.4 is 27.8 Å². The van der Waals surface area contributed by atoms with Crippen LogP contribution in [-0.2, 0) is 0 Å². The van der Waals surface area contributed by atoms with E-state index in [1.54, 1.807) is 13.3 Å². The quantitative estimate of drug-likeness (QED) is 0.520. The minimum absolute atomic E-state index is 0.343. The highest BCUT2D eigenvalue weighted by Gasteiger charge is 2.26. The van der Waals surface area contributed by atoms with Gasteiger partial charge in [-0.05, 0) is 24.3 Å². The molecule has 0 bridgehead atoms. The van der Waals surface area contributed by atoms with Crippen molar-refractivity contribution in [1.29, 1.82) is 0 Å². The first-order valence-electron chi connectivity index (χ1n) is 6.67. The van der Waals surface area contributed by atoms with E-state index in [1.165, 1.54) is 24.5 Å². The molecule has 2 aromatic heterocycles. The standard InChI is InChI=1S/C15H12ClN2O6/c1-22-13-4-2-11(3-5-13)14-10-17-15(23-14)12-6-8-18(9-7-12)24-16(19,20)21/h2-10H,1H3/q+1.